The number of nitrogens with zero attached hydrogens (tertiary/aromatic N) is 2. The third-order valence-corrected chi connectivity index (χ3v) is 4.82. The van der Waals surface area contributed by atoms with Crippen LogP contribution in [0.4, 0.5) is 0 Å². The molecule has 0 radical (unpaired) electrons. The number of amides is 1. The van der Waals surface area contributed by atoms with Crippen molar-refractivity contribution in [1.29, 1.82) is 0 Å². The van der Waals surface area contributed by atoms with E-state index in [2.05, 4.69) is 10.2 Å². The van der Waals surface area contributed by atoms with E-state index in [1.807, 2.05) is 17.5 Å². The van der Waals surface area contributed by atoms with Crippen molar-refractivity contribution in [3.63, 3.8) is 0 Å². The van der Waals surface area contributed by atoms with Crippen LogP contribution in [0.2, 0.25) is 0 Å². The quantitative estimate of drug-likeness (QED) is 0.873. The summed E-state index contributed by atoms with van der Waals surface area (Å²) in [5.74, 6) is -0.590. The molecular formula is C16H19N3O3S. The van der Waals surface area contributed by atoms with Crippen molar-refractivity contribution in [1.82, 2.24) is 15.1 Å². The molecule has 0 unspecified atom stereocenters. The van der Waals surface area contributed by atoms with Crippen molar-refractivity contribution in [2.75, 3.05) is 19.7 Å². The van der Waals surface area contributed by atoms with E-state index in [1.165, 1.54) is 0 Å². The molecular weight excluding hydrogens is 314 g/mol. The van der Waals surface area contributed by atoms with Crippen LogP contribution in [0.25, 0.3) is 10.6 Å². The monoisotopic (exact) mass is 333 g/mol. The zero-order chi connectivity index (χ0) is 16.2. The lowest BCUT2D eigenvalue weighted by Crippen LogP contribution is -2.43. The van der Waals surface area contributed by atoms with Crippen LogP contribution in [0.1, 0.15) is 30.3 Å². The van der Waals surface area contributed by atoms with Gasteiger partial charge < -0.3 is 9.64 Å². The van der Waals surface area contributed by atoms with Gasteiger partial charge in [-0.1, -0.05) is 6.07 Å². The van der Waals surface area contributed by atoms with E-state index in [4.69, 9.17) is 4.74 Å². The van der Waals surface area contributed by atoms with Crippen LogP contribution in [0.5, 0.6) is 0 Å². The standard InChI is InChI=1S/C16H19N3O3S/c1-2-22-16(21)11-5-3-7-19(10-11)15(20)13-9-12(17-18-13)14-6-4-8-23-14/h4,6,8-9,11H,2-3,5,7,10H2,1H3,(H,17,18)/t11-/m0/s1. The SMILES string of the molecule is CCOC(=O)[C@H]1CCCN(C(=O)c2cc(-c3cccs3)[nH]n2)C1. The third-order valence-electron chi connectivity index (χ3n) is 3.91. The molecule has 1 saturated heterocycles. The Bertz CT molecular complexity index is 681. The molecule has 1 fully saturated rings. The van der Waals surface area contributed by atoms with Crippen LogP contribution < -0.4 is 0 Å². The second kappa shape index (κ2) is 6.95. The zero-order valence-corrected chi connectivity index (χ0v) is 13.8. The van der Waals surface area contributed by atoms with E-state index >= 15 is 0 Å². The van der Waals surface area contributed by atoms with E-state index < -0.39 is 0 Å². The fourth-order valence-electron chi connectivity index (χ4n) is 2.77. The molecule has 1 N–H and O–H groups in total. The number of esters is 1. The van der Waals surface area contributed by atoms with Crippen molar-refractivity contribution >= 4 is 23.2 Å². The lowest BCUT2D eigenvalue weighted by Gasteiger charge is -2.31. The van der Waals surface area contributed by atoms with Gasteiger partial charge in [0, 0.05) is 13.1 Å². The number of nitrogens with one attached hydrogen (secondary N) is 1. The highest BCUT2D eigenvalue weighted by Gasteiger charge is 2.30. The lowest BCUT2D eigenvalue weighted by atomic mass is 9.98. The van der Waals surface area contributed by atoms with E-state index in [9.17, 15) is 9.59 Å². The number of carbonyl (C=O) groups excluding carboxylic acids is 2. The molecule has 2 aromatic heterocycles. The summed E-state index contributed by atoms with van der Waals surface area (Å²) in [5.41, 5.74) is 1.22. The molecule has 0 spiro atoms. The molecule has 1 amide bonds. The highest BCUT2D eigenvalue weighted by molar-refractivity contribution is 7.13. The molecule has 7 heteroatoms. The fraction of sp³-hybridized carbons (Fsp3) is 0.438. The summed E-state index contributed by atoms with van der Waals surface area (Å²) in [7, 11) is 0. The number of aromatic nitrogens is 2. The van der Waals surface area contributed by atoms with Gasteiger partial charge in [-0.15, -0.1) is 11.3 Å². The maximum atomic E-state index is 12.6. The Morgan fingerprint density at radius 3 is 3.13 bits per heavy atom. The Kier molecular flexibility index (Phi) is 4.76. The van der Waals surface area contributed by atoms with Gasteiger partial charge in [0.1, 0.15) is 0 Å². The molecule has 1 aliphatic rings. The first-order chi connectivity index (χ1) is 11.2. The van der Waals surface area contributed by atoms with Crippen LogP contribution in [0.3, 0.4) is 0 Å². The second-order valence-corrected chi connectivity index (χ2v) is 6.43. The molecule has 1 atom stereocenters. The summed E-state index contributed by atoms with van der Waals surface area (Å²) >= 11 is 1.59. The van der Waals surface area contributed by atoms with E-state index in [1.54, 1.807) is 29.2 Å². The number of hydrogen-bond donors (Lipinski definition) is 1. The minimum Gasteiger partial charge on any atom is -0.466 e. The van der Waals surface area contributed by atoms with Crippen molar-refractivity contribution in [2.24, 2.45) is 5.92 Å². The Labute approximate surface area is 138 Å². The van der Waals surface area contributed by atoms with Gasteiger partial charge in [-0.05, 0) is 37.3 Å². The number of aromatic amines is 1. The highest BCUT2D eigenvalue weighted by atomic mass is 32.1. The van der Waals surface area contributed by atoms with Crippen LogP contribution in [0, 0.1) is 5.92 Å². The number of hydrogen-bond acceptors (Lipinski definition) is 5. The number of H-pyrrole nitrogens is 1. The maximum Gasteiger partial charge on any atom is 0.310 e. The summed E-state index contributed by atoms with van der Waals surface area (Å²) < 4.78 is 5.07. The molecule has 6 nitrogen and oxygen atoms in total. The van der Waals surface area contributed by atoms with Crippen LogP contribution >= 0.6 is 11.3 Å². The Morgan fingerprint density at radius 1 is 1.52 bits per heavy atom. The van der Waals surface area contributed by atoms with Crippen molar-refractivity contribution in [3.8, 4) is 10.6 Å². The molecule has 1 aliphatic heterocycles. The van der Waals surface area contributed by atoms with Crippen molar-refractivity contribution in [3.05, 3.63) is 29.3 Å². The van der Waals surface area contributed by atoms with E-state index in [0.29, 0.717) is 25.4 Å². The predicted octanol–water partition coefficient (Wildman–Crippen LogP) is 2.55. The smallest absolute Gasteiger partial charge is 0.310 e. The first kappa shape index (κ1) is 15.7. The molecule has 2 aromatic rings. The zero-order valence-electron chi connectivity index (χ0n) is 12.9. The predicted molar refractivity (Wildman–Crippen MR) is 87.2 cm³/mol. The van der Waals surface area contributed by atoms with Gasteiger partial charge in [0.05, 0.1) is 23.1 Å². The first-order valence-electron chi connectivity index (χ1n) is 7.74. The summed E-state index contributed by atoms with van der Waals surface area (Å²) in [6, 6.07) is 5.70. The number of ether oxygens (including phenoxy) is 1. The first-order valence-corrected chi connectivity index (χ1v) is 8.62. The largest absolute Gasteiger partial charge is 0.466 e. The number of piperidine rings is 1. The van der Waals surface area contributed by atoms with Gasteiger partial charge in [-0.3, -0.25) is 14.7 Å². The Hall–Kier alpha value is -2.15. The highest BCUT2D eigenvalue weighted by Crippen LogP contribution is 2.24. The molecule has 3 rings (SSSR count). The Balaban J connectivity index is 1.69. The fourth-order valence-corrected chi connectivity index (χ4v) is 3.46. The molecule has 23 heavy (non-hydrogen) atoms. The van der Waals surface area contributed by atoms with Crippen LogP contribution in [-0.2, 0) is 9.53 Å². The third kappa shape index (κ3) is 3.44. The van der Waals surface area contributed by atoms with Crippen molar-refractivity contribution < 1.29 is 14.3 Å². The van der Waals surface area contributed by atoms with Gasteiger partial charge in [0.15, 0.2) is 5.69 Å². The molecule has 3 heterocycles. The van der Waals surface area contributed by atoms with Gasteiger partial charge in [-0.25, -0.2) is 0 Å². The molecule has 122 valence electrons. The van der Waals surface area contributed by atoms with Crippen LogP contribution in [-0.4, -0.2) is 46.7 Å². The maximum absolute atomic E-state index is 12.6. The lowest BCUT2D eigenvalue weighted by molar-refractivity contribution is -0.149. The van der Waals surface area contributed by atoms with Crippen LogP contribution in [0.15, 0.2) is 23.6 Å². The van der Waals surface area contributed by atoms with E-state index in [-0.39, 0.29) is 17.8 Å². The average molecular weight is 333 g/mol. The average Bonchev–Trinajstić information content (AvgIpc) is 3.25. The van der Waals surface area contributed by atoms with Gasteiger partial charge >= 0.3 is 5.97 Å². The number of thiophene rings is 1. The summed E-state index contributed by atoms with van der Waals surface area (Å²) in [4.78, 5) is 27.2. The second-order valence-electron chi connectivity index (χ2n) is 5.49. The number of carbonyl (C=O) groups is 2. The number of rotatable bonds is 4. The van der Waals surface area contributed by atoms with Crippen molar-refractivity contribution in [2.45, 2.75) is 19.8 Å². The topological polar surface area (TPSA) is 75.3 Å². The summed E-state index contributed by atoms with van der Waals surface area (Å²) in [5, 5.41) is 9.01. The van der Waals surface area contributed by atoms with Gasteiger partial charge in [0.2, 0.25) is 0 Å². The van der Waals surface area contributed by atoms with Gasteiger partial charge in [-0.2, -0.15) is 5.10 Å². The number of likely N-dealkylation sites (tertiary alicyclic amines) is 1. The van der Waals surface area contributed by atoms with Gasteiger partial charge in [0.25, 0.3) is 5.91 Å². The molecule has 0 aliphatic carbocycles. The molecule has 0 bridgehead atoms. The Morgan fingerprint density at radius 2 is 2.39 bits per heavy atom. The normalized spacial score (nSPS) is 18.0. The minimum absolute atomic E-state index is 0.141. The summed E-state index contributed by atoms with van der Waals surface area (Å²) in [6.07, 6.45) is 1.57. The summed E-state index contributed by atoms with van der Waals surface area (Å²) in [6.45, 7) is 3.21. The van der Waals surface area contributed by atoms with E-state index in [0.717, 1.165) is 23.4 Å². The minimum atomic E-state index is -0.233. The molecule has 0 aromatic carbocycles. The molecule has 0 saturated carbocycles.